The van der Waals surface area contributed by atoms with Gasteiger partial charge in [0.15, 0.2) is 0 Å². The summed E-state index contributed by atoms with van der Waals surface area (Å²) in [6.07, 6.45) is 0.696. The lowest BCUT2D eigenvalue weighted by atomic mass is 10.2. The van der Waals surface area contributed by atoms with Gasteiger partial charge in [0.2, 0.25) is 0 Å². The Labute approximate surface area is 59.9 Å². The zero-order valence-corrected chi connectivity index (χ0v) is 6.26. The third-order valence-corrected chi connectivity index (χ3v) is 2.34. The highest BCUT2D eigenvalue weighted by atomic mass is 32.2. The quantitative estimate of drug-likeness (QED) is 0.521. The highest BCUT2D eigenvalue weighted by Gasteiger charge is 2.17. The number of hydrogen-bond donors (Lipinski definition) is 0. The van der Waals surface area contributed by atoms with Crippen LogP contribution in [-0.4, -0.2) is 31.9 Å². The van der Waals surface area contributed by atoms with Gasteiger partial charge in [-0.15, -0.1) is 0 Å². The molecule has 5 heteroatoms. The van der Waals surface area contributed by atoms with Crippen LogP contribution in [0, 0.1) is 5.92 Å². The first kappa shape index (κ1) is 7.97. The van der Waals surface area contributed by atoms with Crippen LogP contribution in [0.4, 0.5) is 0 Å². The molecule has 0 aliphatic carbocycles. The first-order valence-corrected chi connectivity index (χ1v) is 4.67. The minimum atomic E-state index is -4.04. The number of hydrogen-bond acceptors (Lipinski definition) is 4. The Morgan fingerprint density at radius 3 is 2.70 bits per heavy atom. The van der Waals surface area contributed by atoms with E-state index in [0.29, 0.717) is 19.6 Å². The van der Waals surface area contributed by atoms with Gasteiger partial charge in [-0.25, -0.2) is 8.42 Å². The fourth-order valence-corrected chi connectivity index (χ4v) is 1.84. The van der Waals surface area contributed by atoms with Crippen molar-refractivity contribution in [1.29, 1.82) is 0 Å². The summed E-state index contributed by atoms with van der Waals surface area (Å²) in [7, 11) is -4.04. The van der Waals surface area contributed by atoms with Gasteiger partial charge in [-0.3, -0.25) is 0 Å². The zero-order valence-electron chi connectivity index (χ0n) is 5.45. The summed E-state index contributed by atoms with van der Waals surface area (Å²) in [5.41, 5.74) is 0. The van der Waals surface area contributed by atoms with Crippen molar-refractivity contribution in [2.24, 2.45) is 5.92 Å². The zero-order chi connectivity index (χ0) is 7.61. The predicted molar refractivity (Wildman–Crippen MR) is 33.5 cm³/mol. The van der Waals surface area contributed by atoms with E-state index in [0.717, 1.165) is 0 Å². The van der Waals surface area contributed by atoms with Crippen molar-refractivity contribution in [3.05, 3.63) is 0 Å². The molecule has 0 aromatic heterocycles. The van der Waals surface area contributed by atoms with Crippen molar-refractivity contribution < 1.29 is 17.7 Å². The monoisotopic (exact) mass is 165 g/mol. The van der Waals surface area contributed by atoms with Gasteiger partial charge < -0.3 is 9.29 Å². The Hall–Kier alpha value is -0.130. The summed E-state index contributed by atoms with van der Waals surface area (Å²) in [5.74, 6) is -0.338. The number of rotatable bonds is 2. The second kappa shape index (κ2) is 2.86. The fourth-order valence-electron chi connectivity index (χ4n) is 1.00. The largest absolute Gasteiger partial charge is 0.748 e. The first-order valence-electron chi connectivity index (χ1n) is 3.09. The molecule has 1 rings (SSSR count). The molecule has 0 N–H and O–H groups in total. The predicted octanol–water partition coefficient (Wildman–Crippen LogP) is -0.432. The highest BCUT2D eigenvalue weighted by molar-refractivity contribution is 7.85. The SMILES string of the molecule is O=S(=O)([O-])CC1CCOC1. The lowest BCUT2D eigenvalue weighted by molar-refractivity contribution is 0.188. The van der Waals surface area contributed by atoms with Gasteiger partial charge in [0.25, 0.3) is 0 Å². The minimum absolute atomic E-state index is 0.0671. The molecule has 1 atom stereocenters. The Morgan fingerprint density at radius 1 is 1.60 bits per heavy atom. The summed E-state index contributed by atoms with van der Waals surface area (Å²) < 4.78 is 35.4. The van der Waals surface area contributed by atoms with Crippen LogP contribution in [0.3, 0.4) is 0 Å². The molecule has 0 amide bonds. The lowest BCUT2D eigenvalue weighted by Crippen LogP contribution is -2.15. The Bertz CT molecular complexity index is 190. The van der Waals surface area contributed by atoms with E-state index in [-0.39, 0.29) is 11.7 Å². The van der Waals surface area contributed by atoms with Crippen LogP contribution < -0.4 is 0 Å². The van der Waals surface area contributed by atoms with E-state index in [9.17, 15) is 13.0 Å². The molecule has 4 nitrogen and oxygen atoms in total. The lowest BCUT2D eigenvalue weighted by Gasteiger charge is -2.10. The van der Waals surface area contributed by atoms with Crippen LogP contribution in [0.1, 0.15) is 6.42 Å². The first-order chi connectivity index (χ1) is 4.58. The van der Waals surface area contributed by atoms with Crippen LogP contribution in [0.2, 0.25) is 0 Å². The molecule has 0 aromatic carbocycles. The maximum Gasteiger partial charge on any atom is 0.0949 e. The van der Waals surface area contributed by atoms with Crippen molar-refractivity contribution in [2.75, 3.05) is 19.0 Å². The average molecular weight is 165 g/mol. The molecular weight excluding hydrogens is 156 g/mol. The highest BCUT2D eigenvalue weighted by Crippen LogP contribution is 2.13. The standard InChI is InChI=1S/C5H10O4S/c6-10(7,8)4-5-1-2-9-3-5/h5H,1-4H2,(H,6,7,8)/p-1. The Kier molecular flexibility index (Phi) is 2.28. The maximum absolute atomic E-state index is 10.2. The van der Waals surface area contributed by atoms with Crippen molar-refractivity contribution >= 4 is 10.1 Å². The van der Waals surface area contributed by atoms with E-state index in [2.05, 4.69) is 0 Å². The molecule has 0 saturated carbocycles. The summed E-state index contributed by atoms with van der Waals surface area (Å²) in [5, 5.41) is 0. The van der Waals surface area contributed by atoms with Gasteiger partial charge in [-0.05, 0) is 12.3 Å². The summed E-state index contributed by atoms with van der Waals surface area (Å²) in [4.78, 5) is 0. The molecule has 0 aromatic rings. The van der Waals surface area contributed by atoms with Crippen LogP contribution in [0.15, 0.2) is 0 Å². The van der Waals surface area contributed by atoms with Gasteiger partial charge in [0, 0.05) is 12.4 Å². The van der Waals surface area contributed by atoms with Crippen molar-refractivity contribution in [1.82, 2.24) is 0 Å². The van der Waals surface area contributed by atoms with E-state index < -0.39 is 10.1 Å². The Morgan fingerprint density at radius 2 is 2.30 bits per heavy atom. The molecule has 1 saturated heterocycles. The smallest absolute Gasteiger partial charge is 0.0949 e. The Balaban J connectivity index is 2.38. The summed E-state index contributed by atoms with van der Waals surface area (Å²) in [6.45, 7) is 1.00. The average Bonchev–Trinajstić information content (AvgIpc) is 2.12. The molecule has 1 aliphatic rings. The van der Waals surface area contributed by atoms with Gasteiger partial charge >= 0.3 is 0 Å². The van der Waals surface area contributed by atoms with E-state index >= 15 is 0 Å². The van der Waals surface area contributed by atoms with E-state index in [1.807, 2.05) is 0 Å². The molecule has 0 bridgehead atoms. The second-order valence-corrected chi connectivity index (χ2v) is 3.90. The molecule has 1 heterocycles. The van der Waals surface area contributed by atoms with Crippen LogP contribution in [-0.2, 0) is 14.9 Å². The molecular formula is C5H9O4S-. The van der Waals surface area contributed by atoms with Crippen LogP contribution in [0.25, 0.3) is 0 Å². The van der Waals surface area contributed by atoms with Crippen LogP contribution in [0.5, 0.6) is 0 Å². The maximum atomic E-state index is 10.2. The van der Waals surface area contributed by atoms with Gasteiger partial charge in [-0.1, -0.05) is 0 Å². The summed E-state index contributed by atoms with van der Waals surface area (Å²) >= 11 is 0. The molecule has 1 fully saturated rings. The third-order valence-electron chi connectivity index (χ3n) is 1.46. The topological polar surface area (TPSA) is 66.4 Å². The van der Waals surface area contributed by atoms with Gasteiger partial charge in [0.1, 0.15) is 0 Å². The van der Waals surface area contributed by atoms with E-state index in [4.69, 9.17) is 4.74 Å². The van der Waals surface area contributed by atoms with Crippen molar-refractivity contribution in [3.63, 3.8) is 0 Å². The molecule has 0 spiro atoms. The number of ether oxygens (including phenoxy) is 1. The van der Waals surface area contributed by atoms with Gasteiger partial charge in [0.05, 0.1) is 16.7 Å². The fraction of sp³-hybridized carbons (Fsp3) is 1.00. The van der Waals surface area contributed by atoms with E-state index in [1.54, 1.807) is 0 Å². The summed E-state index contributed by atoms with van der Waals surface area (Å²) in [6, 6.07) is 0. The van der Waals surface area contributed by atoms with E-state index in [1.165, 1.54) is 0 Å². The minimum Gasteiger partial charge on any atom is -0.748 e. The third kappa shape index (κ3) is 2.64. The molecule has 60 valence electrons. The molecule has 1 aliphatic heterocycles. The molecule has 10 heavy (non-hydrogen) atoms. The van der Waals surface area contributed by atoms with Gasteiger partial charge in [-0.2, -0.15) is 0 Å². The van der Waals surface area contributed by atoms with Crippen LogP contribution >= 0.6 is 0 Å². The molecule has 0 radical (unpaired) electrons. The molecule has 1 unspecified atom stereocenters. The van der Waals surface area contributed by atoms with Crippen molar-refractivity contribution in [2.45, 2.75) is 6.42 Å². The van der Waals surface area contributed by atoms with Crippen molar-refractivity contribution in [3.8, 4) is 0 Å². The normalized spacial score (nSPS) is 27.1. The second-order valence-electron chi connectivity index (χ2n) is 2.45.